The van der Waals surface area contributed by atoms with E-state index in [0.29, 0.717) is 28.8 Å². The minimum atomic E-state index is -5.08. The number of primary sulfonamides is 1. The van der Waals surface area contributed by atoms with Gasteiger partial charge in [-0.2, -0.15) is 13.2 Å². The molecule has 0 radical (unpaired) electrons. The third kappa shape index (κ3) is 7.55. The highest BCUT2D eigenvalue weighted by Crippen LogP contribution is 2.35. The maximum absolute atomic E-state index is 13.0. The van der Waals surface area contributed by atoms with Crippen molar-refractivity contribution >= 4 is 39.0 Å². The Morgan fingerprint density at radius 1 is 0.925 bits per heavy atom. The van der Waals surface area contributed by atoms with Gasteiger partial charge in [0, 0.05) is 22.4 Å². The molecule has 0 aromatic heterocycles. The number of amides is 1. The number of benzene rings is 3. The zero-order valence-electron chi connectivity index (χ0n) is 20.8. The van der Waals surface area contributed by atoms with Gasteiger partial charge < -0.3 is 16.2 Å². The van der Waals surface area contributed by atoms with E-state index < -0.39 is 22.2 Å². The second-order valence-electron chi connectivity index (χ2n) is 8.68. The number of carboxylic acids is 1. The molecule has 1 amide bonds. The molecule has 13 heteroatoms. The van der Waals surface area contributed by atoms with Crippen LogP contribution in [0.5, 0.6) is 0 Å². The van der Waals surface area contributed by atoms with E-state index in [0.717, 1.165) is 29.6 Å². The molecule has 0 heterocycles. The van der Waals surface area contributed by atoms with Crippen molar-refractivity contribution in [2.75, 3.05) is 5.32 Å². The number of nitrogen functional groups attached to an aromatic ring is 1. The van der Waals surface area contributed by atoms with Gasteiger partial charge >= 0.3 is 12.1 Å². The van der Waals surface area contributed by atoms with Gasteiger partial charge in [0.1, 0.15) is 5.84 Å². The molecule has 0 atom stereocenters. The fourth-order valence-corrected chi connectivity index (χ4v) is 4.84. The molecule has 1 aliphatic rings. The van der Waals surface area contributed by atoms with E-state index >= 15 is 0 Å². The first-order valence-corrected chi connectivity index (χ1v) is 13.2. The van der Waals surface area contributed by atoms with Crippen molar-refractivity contribution in [3.05, 3.63) is 89.5 Å². The monoisotopic (exact) mass is 574 g/mol. The molecule has 0 unspecified atom stereocenters. The Morgan fingerprint density at radius 2 is 1.55 bits per heavy atom. The van der Waals surface area contributed by atoms with Gasteiger partial charge in [-0.3, -0.25) is 10.2 Å². The predicted octanol–water partition coefficient (Wildman–Crippen LogP) is 4.49. The van der Waals surface area contributed by atoms with Crippen LogP contribution in [0.15, 0.2) is 83.3 Å². The van der Waals surface area contributed by atoms with Gasteiger partial charge in [-0.15, -0.1) is 0 Å². The molecule has 3 aromatic rings. The molecule has 0 bridgehead atoms. The molecule has 3 aromatic carbocycles. The normalized spacial score (nSPS) is 13.3. The van der Waals surface area contributed by atoms with Gasteiger partial charge in [0.25, 0.3) is 5.91 Å². The van der Waals surface area contributed by atoms with E-state index in [-0.39, 0.29) is 16.6 Å². The van der Waals surface area contributed by atoms with Gasteiger partial charge in [0.2, 0.25) is 10.0 Å². The summed E-state index contributed by atoms with van der Waals surface area (Å²) in [5.41, 5.74) is 10.6. The lowest BCUT2D eigenvalue weighted by Gasteiger charge is -2.12. The van der Waals surface area contributed by atoms with Crippen molar-refractivity contribution in [1.82, 2.24) is 0 Å². The van der Waals surface area contributed by atoms with Crippen LogP contribution in [0.1, 0.15) is 30.4 Å². The number of allylic oxidation sites excluding steroid dienone is 1. The minimum Gasteiger partial charge on any atom is -0.475 e. The summed E-state index contributed by atoms with van der Waals surface area (Å²) in [7, 11) is -3.86. The number of halogens is 3. The van der Waals surface area contributed by atoms with E-state index in [1.165, 1.54) is 6.07 Å². The summed E-state index contributed by atoms with van der Waals surface area (Å²) in [5, 5.41) is 23.1. The van der Waals surface area contributed by atoms with Crippen LogP contribution >= 0.6 is 0 Å². The number of carboxylic acid groups (broad SMARTS) is 1. The highest BCUT2D eigenvalue weighted by molar-refractivity contribution is 7.89. The first kappa shape index (κ1) is 30.1. The topological polar surface area (TPSA) is 176 Å². The molecule has 9 nitrogen and oxygen atoms in total. The largest absolute Gasteiger partial charge is 0.490 e. The predicted molar refractivity (Wildman–Crippen MR) is 144 cm³/mol. The zero-order valence-corrected chi connectivity index (χ0v) is 21.6. The lowest BCUT2D eigenvalue weighted by Crippen LogP contribution is -2.21. The number of nitrogens with two attached hydrogens (primary N) is 2. The Hall–Kier alpha value is -4.49. The van der Waals surface area contributed by atoms with Crippen LogP contribution in [0.2, 0.25) is 0 Å². The average Bonchev–Trinajstić information content (AvgIpc) is 3.39. The zero-order chi connectivity index (χ0) is 29.7. The van der Waals surface area contributed by atoms with Crippen LogP contribution in [0.3, 0.4) is 0 Å². The Morgan fingerprint density at radius 3 is 2.12 bits per heavy atom. The lowest BCUT2D eigenvalue weighted by atomic mass is 9.99. The molecule has 0 fully saturated rings. The van der Waals surface area contributed by atoms with Crippen LogP contribution in [0.25, 0.3) is 16.7 Å². The highest BCUT2D eigenvalue weighted by atomic mass is 32.2. The summed E-state index contributed by atoms with van der Waals surface area (Å²) in [6, 6.07) is 20.9. The van der Waals surface area contributed by atoms with Gasteiger partial charge in [0.15, 0.2) is 0 Å². The number of carbonyl (C=O) groups excluding carboxylic acids is 1. The van der Waals surface area contributed by atoms with Crippen molar-refractivity contribution in [1.29, 1.82) is 5.41 Å². The molecule has 40 heavy (non-hydrogen) atoms. The van der Waals surface area contributed by atoms with Gasteiger partial charge in [-0.1, -0.05) is 48.5 Å². The number of aliphatic carboxylic acids is 1. The van der Waals surface area contributed by atoms with E-state index in [1.807, 2.05) is 18.2 Å². The van der Waals surface area contributed by atoms with Crippen molar-refractivity contribution in [3.63, 3.8) is 0 Å². The average molecular weight is 575 g/mol. The van der Waals surface area contributed by atoms with Crippen molar-refractivity contribution in [2.24, 2.45) is 10.9 Å². The summed E-state index contributed by atoms with van der Waals surface area (Å²) in [5.74, 6) is -2.94. The molecule has 0 spiro atoms. The van der Waals surface area contributed by atoms with Crippen molar-refractivity contribution < 1.29 is 36.3 Å². The fourth-order valence-electron chi connectivity index (χ4n) is 4.08. The molecule has 0 aliphatic heterocycles. The number of carbonyl (C=O) groups is 2. The van der Waals surface area contributed by atoms with E-state index in [2.05, 4.69) is 5.32 Å². The summed E-state index contributed by atoms with van der Waals surface area (Å²) >= 11 is 0. The summed E-state index contributed by atoms with van der Waals surface area (Å²) < 4.78 is 55.5. The molecular weight excluding hydrogens is 549 g/mol. The lowest BCUT2D eigenvalue weighted by molar-refractivity contribution is -0.192. The smallest absolute Gasteiger partial charge is 0.475 e. The number of amidine groups is 1. The van der Waals surface area contributed by atoms with Gasteiger partial charge in [-0.05, 0) is 60.2 Å². The van der Waals surface area contributed by atoms with Crippen LogP contribution in [-0.4, -0.2) is 37.4 Å². The third-order valence-corrected chi connectivity index (χ3v) is 6.87. The van der Waals surface area contributed by atoms with E-state index in [9.17, 15) is 26.4 Å². The summed E-state index contributed by atoms with van der Waals surface area (Å²) in [4.78, 5) is 22.0. The number of anilines is 1. The molecular formula is C27H25F3N4O5S. The number of alkyl halides is 3. The summed E-state index contributed by atoms with van der Waals surface area (Å²) in [6.45, 7) is 0. The maximum Gasteiger partial charge on any atom is 0.490 e. The van der Waals surface area contributed by atoms with Crippen LogP contribution in [0, 0.1) is 5.41 Å². The highest BCUT2D eigenvalue weighted by Gasteiger charge is 2.38. The van der Waals surface area contributed by atoms with Crippen molar-refractivity contribution in [2.45, 2.75) is 30.3 Å². The molecule has 4 rings (SSSR count). The fraction of sp³-hybridized carbons (Fsp3) is 0.148. The summed E-state index contributed by atoms with van der Waals surface area (Å²) in [6.07, 6.45) is -2.75. The molecule has 210 valence electrons. The maximum atomic E-state index is 13.0. The van der Waals surface area contributed by atoms with E-state index in [4.69, 9.17) is 26.2 Å². The Labute approximate surface area is 227 Å². The number of nitrogens with one attached hydrogen (secondary N) is 2. The number of hydrogen-bond donors (Lipinski definition) is 5. The number of sulfonamides is 1. The van der Waals surface area contributed by atoms with Gasteiger partial charge in [-0.25, -0.2) is 18.4 Å². The van der Waals surface area contributed by atoms with Crippen LogP contribution in [-0.2, 0) is 19.6 Å². The minimum absolute atomic E-state index is 0.00875. The SMILES string of the molecule is N=C(N)c1cccc(C2=C(C(=O)Nc3ccc(-c4ccccc4S(N)(=O)=O)cc3)CCC2)c1.O=C(O)C(F)(F)F. The van der Waals surface area contributed by atoms with Crippen molar-refractivity contribution in [3.8, 4) is 11.1 Å². The molecule has 0 saturated heterocycles. The first-order chi connectivity index (χ1) is 18.7. The van der Waals surface area contributed by atoms with Gasteiger partial charge in [0.05, 0.1) is 4.90 Å². The van der Waals surface area contributed by atoms with Crippen LogP contribution in [0.4, 0.5) is 18.9 Å². The number of rotatable bonds is 6. The second-order valence-corrected chi connectivity index (χ2v) is 10.2. The Balaban J connectivity index is 0.000000559. The molecule has 0 saturated carbocycles. The Bertz CT molecular complexity index is 1580. The second kappa shape index (κ2) is 12.1. The Kier molecular flexibility index (Phi) is 9.12. The quantitative estimate of drug-likeness (QED) is 0.214. The number of hydrogen-bond acceptors (Lipinski definition) is 5. The standard InChI is InChI=1S/C25H24N4O3S.C2HF3O2/c26-24(27)18-6-3-5-17(15-18)20-8-4-9-22(20)25(30)29-19-13-11-16(12-14-19)21-7-1-2-10-23(21)33(28,31)32;3-2(4,5)1(6)7/h1-3,5-7,10-15H,4,8-9H2,(H3,26,27)(H,29,30)(H2,28,31,32);(H,6,7). The first-order valence-electron chi connectivity index (χ1n) is 11.7. The molecule has 7 N–H and O–H groups in total. The third-order valence-electron chi connectivity index (χ3n) is 5.90. The van der Waals surface area contributed by atoms with E-state index in [1.54, 1.807) is 48.5 Å². The molecule has 1 aliphatic carbocycles. The van der Waals surface area contributed by atoms with Crippen LogP contribution < -0.4 is 16.2 Å².